The van der Waals surface area contributed by atoms with E-state index in [2.05, 4.69) is 81.5 Å². The Morgan fingerprint density at radius 1 is 1.18 bits per heavy atom. The van der Waals surface area contributed by atoms with E-state index in [1.807, 2.05) is 0 Å². The molecule has 1 aliphatic heterocycles. The van der Waals surface area contributed by atoms with Crippen molar-refractivity contribution in [2.75, 3.05) is 25.0 Å². The Balaban J connectivity index is 2.33. The molecule has 1 saturated heterocycles. The van der Waals surface area contributed by atoms with E-state index >= 15 is 0 Å². The van der Waals surface area contributed by atoms with E-state index in [-0.39, 0.29) is 11.3 Å². The van der Waals surface area contributed by atoms with Crippen LogP contribution >= 0.6 is 0 Å². The molecule has 2 N–H and O–H groups in total. The number of hydrogen-bond acceptors (Lipinski definition) is 3. The molecule has 4 heteroatoms. The summed E-state index contributed by atoms with van der Waals surface area (Å²) in [7, 11) is 0. The number of anilines is 1. The zero-order chi connectivity index (χ0) is 21.1. The molecule has 0 spiro atoms. The fourth-order valence-electron chi connectivity index (χ4n) is 3.88. The third-order valence-electron chi connectivity index (χ3n) is 5.31. The van der Waals surface area contributed by atoms with Gasteiger partial charge in [0, 0.05) is 42.7 Å². The molecule has 0 saturated carbocycles. The van der Waals surface area contributed by atoms with Crippen LogP contribution in [-0.4, -0.2) is 30.4 Å². The number of likely N-dealkylation sites (tertiary alicyclic amines) is 1. The molecule has 0 aliphatic carbocycles. The maximum absolute atomic E-state index is 11.2. The van der Waals surface area contributed by atoms with E-state index in [4.69, 9.17) is 0 Å². The predicted molar refractivity (Wildman–Crippen MR) is 120 cm³/mol. The highest BCUT2D eigenvalue weighted by Crippen LogP contribution is 2.34. The van der Waals surface area contributed by atoms with Crippen LogP contribution in [-0.2, 0) is 10.2 Å². The lowest BCUT2D eigenvalue weighted by Crippen LogP contribution is -2.37. The zero-order valence-electron chi connectivity index (χ0n) is 18.5. The highest BCUT2D eigenvalue weighted by Gasteiger charge is 2.25. The number of rotatable bonds is 6. The van der Waals surface area contributed by atoms with Crippen LogP contribution in [0.15, 0.2) is 37.1 Å². The van der Waals surface area contributed by atoms with Crippen LogP contribution in [0, 0.1) is 11.8 Å². The summed E-state index contributed by atoms with van der Waals surface area (Å²) < 4.78 is 0. The molecule has 4 nitrogen and oxygen atoms in total. The summed E-state index contributed by atoms with van der Waals surface area (Å²) in [6.07, 6.45) is 1.27. The smallest absolute Gasteiger partial charge is 0.217 e. The van der Waals surface area contributed by atoms with Crippen molar-refractivity contribution in [3.05, 3.63) is 48.2 Å². The minimum atomic E-state index is -0.0630. The van der Waals surface area contributed by atoms with Crippen molar-refractivity contribution in [3.63, 3.8) is 0 Å². The molecule has 0 radical (unpaired) electrons. The molecule has 2 atom stereocenters. The van der Waals surface area contributed by atoms with Gasteiger partial charge in [-0.05, 0) is 41.4 Å². The van der Waals surface area contributed by atoms with Gasteiger partial charge < -0.3 is 15.5 Å². The number of nitrogens with zero attached hydrogens (tertiary/aromatic N) is 1. The van der Waals surface area contributed by atoms with Crippen LogP contribution in [0.4, 0.5) is 5.69 Å². The summed E-state index contributed by atoms with van der Waals surface area (Å²) in [6, 6.07) is 6.52. The summed E-state index contributed by atoms with van der Waals surface area (Å²) in [6.45, 7) is 23.8. The van der Waals surface area contributed by atoms with E-state index < -0.39 is 0 Å². The van der Waals surface area contributed by atoms with Crippen molar-refractivity contribution in [3.8, 4) is 0 Å². The Hall–Kier alpha value is -2.23. The molecule has 154 valence electrons. The first-order valence-electron chi connectivity index (χ1n) is 10.3. The number of amides is 1. The minimum absolute atomic E-state index is 0.0588. The molecule has 0 bridgehead atoms. The van der Waals surface area contributed by atoms with Crippen molar-refractivity contribution >= 4 is 17.3 Å². The van der Waals surface area contributed by atoms with E-state index in [9.17, 15) is 4.79 Å². The molecular weight excluding hydrogens is 346 g/mol. The molecule has 1 aromatic carbocycles. The number of piperidine rings is 1. The predicted octanol–water partition coefficient (Wildman–Crippen LogP) is 4.99. The van der Waals surface area contributed by atoms with Crippen LogP contribution in [0.5, 0.6) is 0 Å². The molecule has 2 rings (SSSR count). The Labute approximate surface area is 171 Å². The SMILES string of the molecule is C=C(CNC(C)=O)Nc1ccc(C(C)(C)C)cc1C(=C)N1C[C@H](C)C[C@H](C)C1. The van der Waals surface area contributed by atoms with E-state index in [0.717, 1.165) is 35.7 Å². The molecule has 0 aromatic heterocycles. The van der Waals surface area contributed by atoms with Gasteiger partial charge >= 0.3 is 0 Å². The molecular formula is C24H37N3O. The normalized spacial score (nSPS) is 19.9. The first kappa shape index (κ1) is 22.1. The lowest BCUT2D eigenvalue weighted by atomic mass is 9.85. The van der Waals surface area contributed by atoms with Crippen molar-refractivity contribution in [2.24, 2.45) is 11.8 Å². The molecule has 0 unspecified atom stereocenters. The molecule has 1 amide bonds. The van der Waals surface area contributed by atoms with Crippen molar-refractivity contribution in [2.45, 2.75) is 53.4 Å². The second kappa shape index (κ2) is 8.85. The summed E-state index contributed by atoms with van der Waals surface area (Å²) in [5.41, 5.74) is 5.24. The number of carbonyl (C=O) groups is 1. The molecule has 1 aliphatic rings. The lowest BCUT2D eigenvalue weighted by molar-refractivity contribution is -0.118. The average molecular weight is 384 g/mol. The third-order valence-corrected chi connectivity index (χ3v) is 5.31. The summed E-state index contributed by atoms with van der Waals surface area (Å²) in [4.78, 5) is 13.6. The van der Waals surface area contributed by atoms with Crippen LogP contribution in [0.1, 0.15) is 59.1 Å². The maximum Gasteiger partial charge on any atom is 0.217 e. The van der Waals surface area contributed by atoms with Gasteiger partial charge in [-0.15, -0.1) is 0 Å². The molecule has 28 heavy (non-hydrogen) atoms. The fourth-order valence-corrected chi connectivity index (χ4v) is 3.88. The van der Waals surface area contributed by atoms with Crippen molar-refractivity contribution in [1.82, 2.24) is 10.2 Å². The van der Waals surface area contributed by atoms with Crippen LogP contribution in [0.25, 0.3) is 5.70 Å². The lowest BCUT2D eigenvalue weighted by Gasteiger charge is -2.38. The van der Waals surface area contributed by atoms with Gasteiger partial charge in [-0.25, -0.2) is 0 Å². The number of hydrogen-bond donors (Lipinski definition) is 2. The van der Waals surface area contributed by atoms with Gasteiger partial charge in [0.2, 0.25) is 5.91 Å². The summed E-state index contributed by atoms with van der Waals surface area (Å²) in [5, 5.41) is 6.18. The topological polar surface area (TPSA) is 44.4 Å². The van der Waals surface area contributed by atoms with Gasteiger partial charge in [0.05, 0.1) is 6.54 Å². The van der Waals surface area contributed by atoms with Gasteiger partial charge in [-0.2, -0.15) is 0 Å². The van der Waals surface area contributed by atoms with E-state index in [0.29, 0.717) is 18.4 Å². The van der Waals surface area contributed by atoms with Gasteiger partial charge in [-0.3, -0.25) is 4.79 Å². The first-order valence-corrected chi connectivity index (χ1v) is 10.3. The molecule has 1 heterocycles. The van der Waals surface area contributed by atoms with Gasteiger partial charge in [0.25, 0.3) is 0 Å². The first-order chi connectivity index (χ1) is 13.0. The van der Waals surface area contributed by atoms with Crippen molar-refractivity contribution < 1.29 is 4.79 Å². The average Bonchev–Trinajstić information content (AvgIpc) is 2.58. The van der Waals surface area contributed by atoms with Crippen LogP contribution in [0.2, 0.25) is 0 Å². The standard InChI is InChI=1S/C24H37N3O/c1-16-11-17(2)15-27(14-16)19(4)22-12-21(24(6,7)8)9-10-23(22)26-18(3)13-25-20(5)28/h9-10,12,16-17,26H,3-4,11,13-15H2,1-2,5-8H3,(H,25,28)/t16-,17+. The second-order valence-electron chi connectivity index (χ2n) is 9.45. The number of carbonyl (C=O) groups excluding carboxylic acids is 1. The van der Waals surface area contributed by atoms with E-state index in [1.165, 1.54) is 18.9 Å². The number of nitrogens with one attached hydrogen (secondary N) is 2. The quantitative estimate of drug-likeness (QED) is 0.727. The third kappa shape index (κ3) is 5.88. The highest BCUT2D eigenvalue weighted by molar-refractivity contribution is 5.77. The highest BCUT2D eigenvalue weighted by atomic mass is 16.1. The molecule has 1 aromatic rings. The minimum Gasteiger partial charge on any atom is -0.371 e. The van der Waals surface area contributed by atoms with Gasteiger partial charge in [0.1, 0.15) is 0 Å². The fraction of sp³-hybridized carbons (Fsp3) is 0.542. The van der Waals surface area contributed by atoms with Gasteiger partial charge in [0.15, 0.2) is 0 Å². The van der Waals surface area contributed by atoms with Crippen LogP contribution in [0.3, 0.4) is 0 Å². The summed E-state index contributed by atoms with van der Waals surface area (Å²) in [5.74, 6) is 1.27. The van der Waals surface area contributed by atoms with Crippen LogP contribution < -0.4 is 10.6 Å². The second-order valence-corrected chi connectivity index (χ2v) is 9.45. The van der Waals surface area contributed by atoms with Gasteiger partial charge in [-0.1, -0.05) is 53.8 Å². The molecule has 1 fully saturated rings. The maximum atomic E-state index is 11.2. The largest absolute Gasteiger partial charge is 0.371 e. The zero-order valence-corrected chi connectivity index (χ0v) is 18.5. The Morgan fingerprint density at radius 2 is 1.79 bits per heavy atom. The Bertz CT molecular complexity index is 735. The number of benzene rings is 1. The van der Waals surface area contributed by atoms with Crippen molar-refractivity contribution in [1.29, 1.82) is 0 Å². The van der Waals surface area contributed by atoms with E-state index in [1.54, 1.807) is 0 Å². The Kier molecular flexibility index (Phi) is 6.97. The Morgan fingerprint density at radius 3 is 2.32 bits per heavy atom. The summed E-state index contributed by atoms with van der Waals surface area (Å²) >= 11 is 0. The monoisotopic (exact) mass is 383 g/mol.